The van der Waals surface area contributed by atoms with Gasteiger partial charge in [-0.1, -0.05) is 6.92 Å². The number of hydrogen-bond acceptors (Lipinski definition) is 5. The van der Waals surface area contributed by atoms with Crippen LogP contribution in [0.25, 0.3) is 0 Å². The fourth-order valence-electron chi connectivity index (χ4n) is 1.76. The minimum atomic E-state index is -4.84. The lowest BCUT2D eigenvalue weighted by molar-refractivity contribution is -0.275. The number of carbonyl (C=O) groups is 1. The third-order valence-corrected chi connectivity index (χ3v) is 2.79. The number of nitrogens with zero attached hydrogens (tertiary/aromatic N) is 2. The summed E-state index contributed by atoms with van der Waals surface area (Å²) in [4.78, 5) is 11.8. The molecule has 2 rings (SSSR count). The minimum Gasteiger partial charge on any atom is -0.493 e. The molecule has 0 saturated heterocycles. The lowest BCUT2D eigenvalue weighted by atomic mass is 10.2. The van der Waals surface area contributed by atoms with Gasteiger partial charge in [-0.05, 0) is 18.6 Å². The van der Waals surface area contributed by atoms with E-state index in [9.17, 15) is 18.0 Å². The number of halogens is 3. The van der Waals surface area contributed by atoms with Gasteiger partial charge < -0.3 is 14.2 Å². The summed E-state index contributed by atoms with van der Waals surface area (Å²) < 4.78 is 50.6. The van der Waals surface area contributed by atoms with Crippen LogP contribution in [0.1, 0.15) is 13.3 Å². The van der Waals surface area contributed by atoms with E-state index in [1.807, 2.05) is 6.92 Å². The van der Waals surface area contributed by atoms with Gasteiger partial charge in [0.15, 0.2) is 11.5 Å². The van der Waals surface area contributed by atoms with Crippen molar-refractivity contribution >= 4 is 18.0 Å². The zero-order chi connectivity index (χ0) is 16.3. The molecule has 0 bridgehead atoms. The Morgan fingerprint density at radius 3 is 2.64 bits per heavy atom. The van der Waals surface area contributed by atoms with Gasteiger partial charge in [0, 0.05) is 6.07 Å². The number of amides is 1. The normalized spacial score (nSPS) is 18.1. The van der Waals surface area contributed by atoms with Crippen molar-refractivity contribution in [3.8, 4) is 11.5 Å². The van der Waals surface area contributed by atoms with Crippen molar-refractivity contribution in [3.05, 3.63) is 18.2 Å². The number of alkyl halides is 3. The Labute approximate surface area is 124 Å². The maximum absolute atomic E-state index is 12.3. The van der Waals surface area contributed by atoms with E-state index < -0.39 is 24.3 Å². The zero-order valence-corrected chi connectivity index (χ0v) is 11.8. The van der Waals surface area contributed by atoms with Gasteiger partial charge in [-0.3, -0.25) is 0 Å². The number of hydrogen-bond donors (Lipinski definition) is 0. The quantitative estimate of drug-likeness (QED) is 0.854. The lowest BCUT2D eigenvalue weighted by Crippen LogP contribution is -2.36. The molecule has 0 saturated carbocycles. The average Bonchev–Trinajstić information content (AvgIpc) is 2.46. The molecule has 1 aliphatic heterocycles. The molecule has 0 fully saturated rings. The van der Waals surface area contributed by atoms with E-state index in [0.29, 0.717) is 6.42 Å². The van der Waals surface area contributed by atoms with Crippen LogP contribution in [0.15, 0.2) is 23.3 Å². The van der Waals surface area contributed by atoms with Crippen molar-refractivity contribution in [1.82, 2.24) is 0 Å². The van der Waals surface area contributed by atoms with Crippen molar-refractivity contribution in [3.63, 3.8) is 0 Å². The molecule has 9 heteroatoms. The smallest absolute Gasteiger partial charge is 0.493 e. The molecule has 1 atom stereocenters. The second-order valence-corrected chi connectivity index (χ2v) is 4.29. The number of hydrazone groups is 1. The predicted octanol–water partition coefficient (Wildman–Crippen LogP) is 3.31. The highest BCUT2D eigenvalue weighted by Gasteiger charge is 2.33. The maximum atomic E-state index is 12.3. The summed E-state index contributed by atoms with van der Waals surface area (Å²) in [5.41, 5.74) is 0.196. The molecule has 0 N–H and O–H groups in total. The van der Waals surface area contributed by atoms with Crippen LogP contribution < -0.4 is 14.5 Å². The van der Waals surface area contributed by atoms with Crippen LogP contribution in [0.5, 0.6) is 11.5 Å². The lowest BCUT2D eigenvalue weighted by Gasteiger charge is -2.25. The molecular formula is C13H13F3N2O4. The fraction of sp³-hybridized carbons (Fsp3) is 0.385. The fourth-order valence-corrected chi connectivity index (χ4v) is 1.76. The van der Waals surface area contributed by atoms with Crippen molar-refractivity contribution < 1.29 is 32.2 Å². The number of ether oxygens (including phenoxy) is 3. The van der Waals surface area contributed by atoms with Crippen LogP contribution in [0, 0.1) is 0 Å². The molecule has 1 aromatic rings. The Hall–Kier alpha value is -2.45. The number of rotatable bonds is 4. The van der Waals surface area contributed by atoms with E-state index in [0.717, 1.165) is 11.1 Å². The summed E-state index contributed by atoms with van der Waals surface area (Å²) in [5, 5.41) is 4.85. The van der Waals surface area contributed by atoms with Crippen LogP contribution in [0.4, 0.5) is 23.7 Å². The van der Waals surface area contributed by atoms with Crippen LogP contribution in [-0.2, 0) is 4.74 Å². The number of cyclic esters (lactones) is 1. The Morgan fingerprint density at radius 1 is 1.36 bits per heavy atom. The van der Waals surface area contributed by atoms with Crippen LogP contribution in [0.2, 0.25) is 0 Å². The molecular weight excluding hydrogens is 305 g/mol. The van der Waals surface area contributed by atoms with Crippen LogP contribution in [-0.4, -0.2) is 31.9 Å². The topological polar surface area (TPSA) is 60.4 Å². The Kier molecular flexibility index (Phi) is 4.43. The summed E-state index contributed by atoms with van der Waals surface area (Å²) in [6, 6.07) is 3.48. The number of methoxy groups -OCH3 is 1. The highest BCUT2D eigenvalue weighted by molar-refractivity contribution is 5.92. The molecule has 120 valence electrons. The zero-order valence-electron chi connectivity index (χ0n) is 11.8. The number of benzene rings is 1. The van der Waals surface area contributed by atoms with Gasteiger partial charge in [-0.2, -0.15) is 10.1 Å². The van der Waals surface area contributed by atoms with E-state index >= 15 is 0 Å². The first kappa shape index (κ1) is 15.9. The van der Waals surface area contributed by atoms with E-state index in [-0.39, 0.29) is 11.4 Å². The van der Waals surface area contributed by atoms with Crippen molar-refractivity contribution in [2.45, 2.75) is 25.8 Å². The molecule has 1 aliphatic rings. The third kappa shape index (κ3) is 3.60. The van der Waals surface area contributed by atoms with Crippen LogP contribution >= 0.6 is 0 Å². The van der Waals surface area contributed by atoms with Gasteiger partial charge in [-0.15, -0.1) is 13.2 Å². The predicted molar refractivity (Wildman–Crippen MR) is 71.2 cm³/mol. The molecule has 0 radical (unpaired) electrons. The standard InChI is InChI=1S/C13H13F3N2O4/c1-3-9-7-17-18(12(19)21-9)8-4-5-10(11(6-8)20-2)22-13(14,15)16/h4-7,9H,3H2,1-2H3. The number of anilines is 1. The monoisotopic (exact) mass is 318 g/mol. The second-order valence-electron chi connectivity index (χ2n) is 4.29. The Bertz CT molecular complexity index is 589. The molecule has 0 aromatic heterocycles. The van der Waals surface area contributed by atoms with E-state index in [4.69, 9.17) is 9.47 Å². The van der Waals surface area contributed by atoms with Gasteiger partial charge >= 0.3 is 12.5 Å². The second kappa shape index (κ2) is 6.12. The van der Waals surface area contributed by atoms with E-state index in [1.165, 1.54) is 25.5 Å². The molecule has 22 heavy (non-hydrogen) atoms. The Balaban J connectivity index is 2.28. The summed E-state index contributed by atoms with van der Waals surface area (Å²) in [5.74, 6) is -0.699. The molecule has 6 nitrogen and oxygen atoms in total. The summed E-state index contributed by atoms with van der Waals surface area (Å²) >= 11 is 0. The van der Waals surface area contributed by atoms with Crippen molar-refractivity contribution in [2.75, 3.05) is 12.1 Å². The van der Waals surface area contributed by atoms with Gasteiger partial charge in [0.2, 0.25) is 0 Å². The van der Waals surface area contributed by atoms with E-state index in [1.54, 1.807) is 0 Å². The minimum absolute atomic E-state index is 0.185. The molecule has 1 heterocycles. The van der Waals surface area contributed by atoms with E-state index in [2.05, 4.69) is 9.84 Å². The molecule has 1 aromatic carbocycles. The SMILES string of the molecule is CCC1C=NN(c2ccc(OC(F)(F)F)c(OC)c2)C(=O)O1. The first-order chi connectivity index (χ1) is 10.3. The van der Waals surface area contributed by atoms with Gasteiger partial charge in [0.25, 0.3) is 0 Å². The first-order valence-electron chi connectivity index (χ1n) is 6.32. The van der Waals surface area contributed by atoms with Crippen LogP contribution in [0.3, 0.4) is 0 Å². The molecule has 0 aliphatic carbocycles. The summed E-state index contributed by atoms with van der Waals surface area (Å²) in [7, 11) is 1.19. The summed E-state index contributed by atoms with van der Waals surface area (Å²) in [6.45, 7) is 1.83. The molecule has 1 unspecified atom stereocenters. The largest absolute Gasteiger partial charge is 0.573 e. The third-order valence-electron chi connectivity index (χ3n) is 2.79. The Morgan fingerprint density at radius 2 is 2.09 bits per heavy atom. The molecule has 1 amide bonds. The average molecular weight is 318 g/mol. The van der Waals surface area contributed by atoms with Gasteiger partial charge in [-0.25, -0.2) is 4.79 Å². The first-order valence-corrected chi connectivity index (χ1v) is 6.32. The van der Waals surface area contributed by atoms with Gasteiger partial charge in [0.1, 0.15) is 6.10 Å². The highest BCUT2D eigenvalue weighted by Crippen LogP contribution is 2.35. The van der Waals surface area contributed by atoms with Crippen molar-refractivity contribution in [1.29, 1.82) is 0 Å². The van der Waals surface area contributed by atoms with Crippen molar-refractivity contribution in [2.24, 2.45) is 5.10 Å². The highest BCUT2D eigenvalue weighted by atomic mass is 19.4. The van der Waals surface area contributed by atoms with Gasteiger partial charge in [0.05, 0.1) is 19.0 Å². The number of carbonyl (C=O) groups excluding carboxylic acids is 1. The summed E-state index contributed by atoms with van der Waals surface area (Å²) in [6.07, 6.45) is -3.97. The molecule has 0 spiro atoms. The maximum Gasteiger partial charge on any atom is 0.573 e.